The summed E-state index contributed by atoms with van der Waals surface area (Å²) in [4.78, 5) is 27.6. The number of para-hydroxylation sites is 1. The summed E-state index contributed by atoms with van der Waals surface area (Å²) in [6, 6.07) is 15.1. The molecule has 154 valence electrons. The largest absolute Gasteiger partial charge is 0.482 e. The molecule has 6 nitrogen and oxygen atoms in total. The summed E-state index contributed by atoms with van der Waals surface area (Å²) in [6.45, 7) is 9.16. The number of carboxylic acid groups (broad SMARTS) is 1. The molecule has 3 rings (SSSR count). The summed E-state index contributed by atoms with van der Waals surface area (Å²) >= 11 is 0. The van der Waals surface area contributed by atoms with E-state index < -0.39 is 12.6 Å². The van der Waals surface area contributed by atoms with E-state index in [1.807, 2.05) is 4.90 Å². The van der Waals surface area contributed by atoms with Crippen molar-refractivity contribution in [1.29, 1.82) is 0 Å². The molecule has 1 amide bonds. The van der Waals surface area contributed by atoms with Gasteiger partial charge in [0.25, 0.3) is 5.91 Å². The minimum absolute atomic E-state index is 0.0152. The topological polar surface area (TPSA) is 70.1 Å². The van der Waals surface area contributed by atoms with E-state index in [1.165, 1.54) is 11.3 Å². The van der Waals surface area contributed by atoms with Crippen LogP contribution in [0.4, 0.5) is 5.69 Å². The number of carboxylic acids is 1. The quantitative estimate of drug-likeness (QED) is 0.839. The average molecular weight is 396 g/mol. The monoisotopic (exact) mass is 396 g/mol. The number of hydrogen-bond donors (Lipinski definition) is 1. The van der Waals surface area contributed by atoms with Gasteiger partial charge in [-0.25, -0.2) is 4.79 Å². The highest BCUT2D eigenvalue weighted by atomic mass is 16.5. The van der Waals surface area contributed by atoms with Crippen molar-refractivity contribution in [1.82, 2.24) is 4.90 Å². The molecule has 0 radical (unpaired) electrons. The molecule has 0 atom stereocenters. The summed E-state index contributed by atoms with van der Waals surface area (Å²) < 4.78 is 5.12. The van der Waals surface area contributed by atoms with Gasteiger partial charge in [-0.3, -0.25) is 4.79 Å². The van der Waals surface area contributed by atoms with Gasteiger partial charge in [-0.2, -0.15) is 0 Å². The van der Waals surface area contributed by atoms with Gasteiger partial charge < -0.3 is 19.6 Å². The van der Waals surface area contributed by atoms with Crippen molar-refractivity contribution >= 4 is 17.6 Å². The van der Waals surface area contributed by atoms with Crippen LogP contribution in [-0.4, -0.2) is 54.7 Å². The number of piperazine rings is 1. The summed E-state index contributed by atoms with van der Waals surface area (Å²) in [5, 5.41) is 8.66. The first kappa shape index (κ1) is 20.7. The predicted octanol–water partition coefficient (Wildman–Crippen LogP) is 3.41. The third kappa shape index (κ3) is 5.08. The second kappa shape index (κ2) is 8.55. The molecule has 1 saturated heterocycles. The van der Waals surface area contributed by atoms with Gasteiger partial charge in [0, 0.05) is 37.4 Å². The molecule has 0 aliphatic carbocycles. The van der Waals surface area contributed by atoms with Gasteiger partial charge in [0.2, 0.25) is 0 Å². The summed E-state index contributed by atoms with van der Waals surface area (Å²) in [5.74, 6) is -0.609. The minimum Gasteiger partial charge on any atom is -0.482 e. The number of rotatable bonds is 5. The van der Waals surface area contributed by atoms with Crippen molar-refractivity contribution in [2.45, 2.75) is 26.2 Å². The highest BCUT2D eigenvalue weighted by Gasteiger charge is 2.26. The van der Waals surface area contributed by atoms with Crippen LogP contribution in [0, 0.1) is 0 Å². The lowest BCUT2D eigenvalue weighted by Gasteiger charge is -2.38. The maximum Gasteiger partial charge on any atom is 0.341 e. The minimum atomic E-state index is -1.03. The van der Waals surface area contributed by atoms with Crippen LogP contribution in [0.1, 0.15) is 36.7 Å². The molecule has 6 heteroatoms. The Bertz CT molecular complexity index is 863. The molecule has 0 saturated carbocycles. The van der Waals surface area contributed by atoms with E-state index in [0.29, 0.717) is 24.4 Å². The lowest BCUT2D eigenvalue weighted by Crippen LogP contribution is -2.49. The van der Waals surface area contributed by atoms with Crippen LogP contribution in [0.2, 0.25) is 0 Å². The van der Waals surface area contributed by atoms with Gasteiger partial charge >= 0.3 is 5.97 Å². The SMILES string of the molecule is CC(C)(C)c1ccccc1N1CCN(C(=O)c2ccc(OCC(=O)O)cc2)CC1. The summed E-state index contributed by atoms with van der Waals surface area (Å²) in [7, 11) is 0. The van der Waals surface area contributed by atoms with E-state index in [4.69, 9.17) is 9.84 Å². The number of amides is 1. The Balaban J connectivity index is 1.62. The first-order valence-corrected chi connectivity index (χ1v) is 9.84. The number of aliphatic carboxylic acids is 1. The van der Waals surface area contributed by atoms with Gasteiger partial charge in [-0.1, -0.05) is 39.0 Å². The van der Waals surface area contributed by atoms with Crippen molar-refractivity contribution in [3.63, 3.8) is 0 Å². The fourth-order valence-electron chi connectivity index (χ4n) is 3.56. The van der Waals surface area contributed by atoms with Crippen LogP contribution in [0.25, 0.3) is 0 Å². The van der Waals surface area contributed by atoms with Crippen molar-refractivity contribution in [3.05, 3.63) is 59.7 Å². The van der Waals surface area contributed by atoms with Gasteiger partial charge in [-0.15, -0.1) is 0 Å². The third-order valence-electron chi connectivity index (χ3n) is 5.08. The number of ether oxygens (including phenoxy) is 1. The number of carbonyl (C=O) groups excluding carboxylic acids is 1. The summed E-state index contributed by atoms with van der Waals surface area (Å²) in [5.41, 5.74) is 3.20. The predicted molar refractivity (Wildman–Crippen MR) is 113 cm³/mol. The second-order valence-electron chi connectivity index (χ2n) is 8.25. The molecule has 1 N–H and O–H groups in total. The maximum absolute atomic E-state index is 12.8. The van der Waals surface area contributed by atoms with E-state index in [-0.39, 0.29) is 11.3 Å². The van der Waals surface area contributed by atoms with Crippen molar-refractivity contribution < 1.29 is 19.4 Å². The third-order valence-corrected chi connectivity index (χ3v) is 5.08. The average Bonchev–Trinajstić information content (AvgIpc) is 2.71. The highest BCUT2D eigenvalue weighted by molar-refractivity contribution is 5.94. The van der Waals surface area contributed by atoms with E-state index in [2.05, 4.69) is 49.9 Å². The molecule has 0 aromatic heterocycles. The van der Waals surface area contributed by atoms with Crippen molar-refractivity contribution in [2.24, 2.45) is 0 Å². The first-order chi connectivity index (χ1) is 13.8. The zero-order valence-electron chi connectivity index (χ0n) is 17.2. The van der Waals surface area contributed by atoms with E-state index in [0.717, 1.165) is 13.1 Å². The number of hydrogen-bond acceptors (Lipinski definition) is 4. The smallest absolute Gasteiger partial charge is 0.341 e. The van der Waals surface area contributed by atoms with E-state index in [9.17, 15) is 9.59 Å². The molecule has 1 aliphatic rings. The van der Waals surface area contributed by atoms with Crippen LogP contribution in [0.5, 0.6) is 5.75 Å². The number of nitrogens with zero attached hydrogens (tertiary/aromatic N) is 2. The molecule has 2 aromatic carbocycles. The number of benzene rings is 2. The lowest BCUT2D eigenvalue weighted by atomic mass is 9.85. The summed E-state index contributed by atoms with van der Waals surface area (Å²) in [6.07, 6.45) is 0. The molecule has 1 fully saturated rings. The first-order valence-electron chi connectivity index (χ1n) is 9.84. The normalized spacial score (nSPS) is 14.6. The fourth-order valence-corrected chi connectivity index (χ4v) is 3.56. The Labute approximate surface area is 171 Å². The van der Waals surface area contributed by atoms with Gasteiger partial charge in [0.05, 0.1) is 0 Å². The van der Waals surface area contributed by atoms with Gasteiger partial charge in [0.1, 0.15) is 5.75 Å². The van der Waals surface area contributed by atoms with Crippen molar-refractivity contribution in [3.8, 4) is 5.75 Å². The highest BCUT2D eigenvalue weighted by Crippen LogP contribution is 2.32. The molecular weight excluding hydrogens is 368 g/mol. The standard InChI is InChI=1S/C23H28N2O4/c1-23(2,3)19-6-4-5-7-20(19)24-12-14-25(15-13-24)22(28)17-8-10-18(11-9-17)29-16-21(26)27/h4-11H,12-16H2,1-3H3,(H,26,27). The Morgan fingerprint density at radius 3 is 2.17 bits per heavy atom. The Kier molecular flexibility index (Phi) is 6.11. The van der Waals surface area contributed by atoms with Crippen LogP contribution in [0.3, 0.4) is 0 Å². The number of carbonyl (C=O) groups is 2. The van der Waals surface area contributed by atoms with Gasteiger partial charge in [-0.05, 0) is 41.3 Å². The van der Waals surface area contributed by atoms with Gasteiger partial charge in [0.15, 0.2) is 6.61 Å². The molecular formula is C23H28N2O4. The molecule has 29 heavy (non-hydrogen) atoms. The molecule has 1 heterocycles. The lowest BCUT2D eigenvalue weighted by molar-refractivity contribution is -0.139. The second-order valence-corrected chi connectivity index (χ2v) is 8.25. The van der Waals surface area contributed by atoms with Crippen LogP contribution < -0.4 is 9.64 Å². The Hall–Kier alpha value is -3.02. The van der Waals surface area contributed by atoms with Crippen LogP contribution >= 0.6 is 0 Å². The molecule has 0 bridgehead atoms. The van der Waals surface area contributed by atoms with Crippen molar-refractivity contribution in [2.75, 3.05) is 37.7 Å². The Morgan fingerprint density at radius 1 is 0.966 bits per heavy atom. The maximum atomic E-state index is 12.8. The molecule has 0 unspecified atom stereocenters. The molecule has 2 aromatic rings. The van der Waals surface area contributed by atoms with Crippen LogP contribution in [-0.2, 0) is 10.2 Å². The van der Waals surface area contributed by atoms with Crippen LogP contribution in [0.15, 0.2) is 48.5 Å². The molecule has 1 aliphatic heterocycles. The zero-order chi connectivity index (χ0) is 21.0. The number of anilines is 1. The fraction of sp³-hybridized carbons (Fsp3) is 0.391. The van der Waals surface area contributed by atoms with E-state index in [1.54, 1.807) is 24.3 Å². The Morgan fingerprint density at radius 2 is 1.59 bits per heavy atom. The van der Waals surface area contributed by atoms with E-state index >= 15 is 0 Å². The zero-order valence-corrected chi connectivity index (χ0v) is 17.2. The molecule has 0 spiro atoms.